The lowest BCUT2D eigenvalue weighted by Gasteiger charge is -1.96. The highest BCUT2D eigenvalue weighted by molar-refractivity contribution is 7.97. The zero-order valence-electron chi connectivity index (χ0n) is 9.07. The molecule has 15 heavy (non-hydrogen) atoms. The van der Waals surface area contributed by atoms with Gasteiger partial charge in [-0.05, 0) is 25.0 Å². The van der Waals surface area contributed by atoms with Gasteiger partial charge in [0.05, 0.1) is 17.1 Å². The molecule has 0 saturated carbocycles. The zero-order valence-corrected chi connectivity index (χ0v) is 9.89. The van der Waals surface area contributed by atoms with Crippen LogP contribution in [0.2, 0.25) is 0 Å². The molecular weight excluding hydrogens is 202 g/mol. The summed E-state index contributed by atoms with van der Waals surface area (Å²) >= 11 is 0. The van der Waals surface area contributed by atoms with Crippen LogP contribution in [-0.4, -0.2) is 16.1 Å². The van der Waals surface area contributed by atoms with E-state index in [0.29, 0.717) is 10.9 Å². The van der Waals surface area contributed by atoms with Crippen LogP contribution in [-0.2, 0) is 17.9 Å². The van der Waals surface area contributed by atoms with E-state index in [-0.39, 0.29) is 0 Å². The molecule has 1 aliphatic heterocycles. The average molecular weight is 218 g/mol. The van der Waals surface area contributed by atoms with Gasteiger partial charge in [-0.3, -0.25) is 0 Å². The normalized spacial score (nSPS) is 17.7. The minimum atomic E-state index is 0.535. The number of rotatable bonds is 1. The summed E-state index contributed by atoms with van der Waals surface area (Å²) in [6, 6.07) is 8.78. The molecule has 0 aliphatic carbocycles. The van der Waals surface area contributed by atoms with Crippen molar-refractivity contribution in [2.45, 2.75) is 17.7 Å². The summed E-state index contributed by atoms with van der Waals surface area (Å²) in [6.07, 6.45) is 5.19. The van der Waals surface area contributed by atoms with E-state index in [1.807, 2.05) is 0 Å². The first kappa shape index (κ1) is 9.34. The van der Waals surface area contributed by atoms with Crippen LogP contribution >= 0.6 is 0 Å². The molecule has 0 unspecified atom stereocenters. The van der Waals surface area contributed by atoms with Crippen molar-refractivity contribution in [1.82, 2.24) is 4.57 Å². The Hall–Kier alpha value is -0.890. The molecule has 1 saturated heterocycles. The van der Waals surface area contributed by atoms with Gasteiger partial charge >= 0.3 is 0 Å². The Morgan fingerprint density at radius 2 is 1.87 bits per heavy atom. The molecule has 1 aromatic heterocycles. The first-order valence-corrected chi connectivity index (χ1v) is 7.14. The Bertz CT molecular complexity index is 480. The van der Waals surface area contributed by atoms with E-state index in [0.717, 1.165) is 0 Å². The largest absolute Gasteiger partial charge is 0.346 e. The number of nitrogens with zero attached hydrogens (tertiary/aromatic N) is 1. The summed E-state index contributed by atoms with van der Waals surface area (Å²) < 4.78 is 2.27. The minimum absolute atomic E-state index is 0.535. The van der Waals surface area contributed by atoms with Crippen molar-refractivity contribution in [2.75, 3.05) is 11.5 Å². The maximum atomic E-state index is 2.35. The summed E-state index contributed by atoms with van der Waals surface area (Å²) in [5.74, 6) is 2.82. The minimum Gasteiger partial charge on any atom is -0.346 e. The highest BCUT2D eigenvalue weighted by Crippen LogP contribution is 2.30. The van der Waals surface area contributed by atoms with Crippen LogP contribution in [0, 0.1) is 0 Å². The quantitative estimate of drug-likeness (QED) is 0.649. The molecule has 1 aromatic carbocycles. The van der Waals surface area contributed by atoms with Crippen molar-refractivity contribution in [1.29, 1.82) is 0 Å². The van der Waals surface area contributed by atoms with Gasteiger partial charge in [0.25, 0.3) is 0 Å². The molecule has 3 rings (SSSR count). The zero-order chi connectivity index (χ0) is 10.3. The van der Waals surface area contributed by atoms with E-state index in [4.69, 9.17) is 0 Å². The summed E-state index contributed by atoms with van der Waals surface area (Å²) in [6.45, 7) is 0. The number of para-hydroxylation sites is 1. The van der Waals surface area contributed by atoms with Crippen LogP contribution in [0.3, 0.4) is 0 Å². The van der Waals surface area contributed by atoms with Gasteiger partial charge in [-0.2, -0.15) is 0 Å². The number of hydrogen-bond acceptors (Lipinski definition) is 0. The van der Waals surface area contributed by atoms with Gasteiger partial charge in [-0.25, -0.2) is 0 Å². The highest BCUT2D eigenvalue weighted by atomic mass is 32.2. The predicted octanol–water partition coefficient (Wildman–Crippen LogP) is 2.95. The second-order valence-corrected chi connectivity index (χ2v) is 6.47. The molecule has 0 bridgehead atoms. The summed E-state index contributed by atoms with van der Waals surface area (Å²) in [7, 11) is 2.69. The fraction of sp³-hybridized carbons (Fsp3) is 0.385. The van der Waals surface area contributed by atoms with Crippen LogP contribution < -0.4 is 0 Å². The van der Waals surface area contributed by atoms with E-state index in [1.54, 1.807) is 4.90 Å². The third-order valence-corrected chi connectivity index (χ3v) is 5.71. The van der Waals surface area contributed by atoms with Crippen molar-refractivity contribution < 1.29 is 0 Å². The molecule has 1 fully saturated rings. The van der Waals surface area contributed by atoms with E-state index < -0.39 is 0 Å². The number of benzene rings is 1. The summed E-state index contributed by atoms with van der Waals surface area (Å²) in [5, 5.41) is 1.48. The second-order valence-electron chi connectivity index (χ2n) is 4.23. The van der Waals surface area contributed by atoms with Gasteiger partial charge in [-0.15, -0.1) is 0 Å². The fourth-order valence-electron chi connectivity index (χ4n) is 2.41. The molecule has 2 heteroatoms. The Morgan fingerprint density at radius 3 is 2.67 bits per heavy atom. The number of hydrogen-bond donors (Lipinski definition) is 0. The Kier molecular flexibility index (Phi) is 2.24. The monoisotopic (exact) mass is 218 g/mol. The van der Waals surface area contributed by atoms with Crippen LogP contribution in [0.5, 0.6) is 0 Å². The molecule has 0 spiro atoms. The number of aromatic nitrogens is 1. The van der Waals surface area contributed by atoms with Gasteiger partial charge < -0.3 is 4.57 Å². The Labute approximate surface area is 93.4 Å². The van der Waals surface area contributed by atoms with E-state index in [2.05, 4.69) is 42.1 Å². The van der Waals surface area contributed by atoms with Crippen LogP contribution in [0.4, 0.5) is 0 Å². The van der Waals surface area contributed by atoms with Gasteiger partial charge in [0.1, 0.15) is 11.5 Å². The predicted molar refractivity (Wildman–Crippen MR) is 67.5 cm³/mol. The molecule has 1 aliphatic rings. The maximum Gasteiger partial charge on any atom is 0.180 e. The third kappa shape index (κ3) is 1.48. The van der Waals surface area contributed by atoms with Crippen LogP contribution in [0.1, 0.15) is 12.8 Å². The SMILES string of the molecule is Cn1cc([S+]2CCCC2)c2ccccc21. The van der Waals surface area contributed by atoms with Gasteiger partial charge in [0.15, 0.2) is 4.90 Å². The first-order chi connectivity index (χ1) is 7.36. The second kappa shape index (κ2) is 3.60. The van der Waals surface area contributed by atoms with Crippen molar-refractivity contribution in [3.05, 3.63) is 30.5 Å². The van der Waals surface area contributed by atoms with Gasteiger partial charge in [0, 0.05) is 17.9 Å². The van der Waals surface area contributed by atoms with E-state index >= 15 is 0 Å². The fourth-order valence-corrected chi connectivity index (χ4v) is 4.95. The van der Waals surface area contributed by atoms with Crippen molar-refractivity contribution in [3.8, 4) is 0 Å². The molecule has 0 N–H and O–H groups in total. The molecule has 2 heterocycles. The maximum absolute atomic E-state index is 2.35. The van der Waals surface area contributed by atoms with Crippen LogP contribution in [0.25, 0.3) is 10.9 Å². The van der Waals surface area contributed by atoms with Crippen molar-refractivity contribution in [2.24, 2.45) is 7.05 Å². The Balaban J connectivity index is 2.17. The van der Waals surface area contributed by atoms with Crippen LogP contribution in [0.15, 0.2) is 35.4 Å². The lowest BCUT2D eigenvalue weighted by molar-refractivity contribution is 0.949. The Morgan fingerprint density at radius 1 is 1.13 bits per heavy atom. The smallest absolute Gasteiger partial charge is 0.180 e. The van der Waals surface area contributed by atoms with E-state index in [9.17, 15) is 0 Å². The molecule has 0 amide bonds. The molecule has 1 nitrogen and oxygen atoms in total. The standard InChI is InChI=1S/C13H16NS/c1-14-10-13(15-8-4-5-9-15)11-6-2-3-7-12(11)14/h2-3,6-7,10H,4-5,8-9H2,1H3/q+1. The van der Waals surface area contributed by atoms with E-state index in [1.165, 1.54) is 35.3 Å². The first-order valence-electron chi connectivity index (χ1n) is 5.58. The van der Waals surface area contributed by atoms with Gasteiger partial charge in [0.2, 0.25) is 0 Å². The topological polar surface area (TPSA) is 4.93 Å². The molecule has 2 aromatic rings. The summed E-state index contributed by atoms with van der Waals surface area (Å²) in [4.78, 5) is 1.60. The lowest BCUT2D eigenvalue weighted by atomic mass is 10.2. The molecular formula is C13H16NS+. The van der Waals surface area contributed by atoms with Crippen molar-refractivity contribution in [3.63, 3.8) is 0 Å². The highest BCUT2D eigenvalue weighted by Gasteiger charge is 2.29. The van der Waals surface area contributed by atoms with Gasteiger partial charge in [-0.1, -0.05) is 12.1 Å². The average Bonchev–Trinajstić information content (AvgIpc) is 2.87. The molecule has 0 atom stereocenters. The summed E-state index contributed by atoms with van der Waals surface area (Å²) in [5.41, 5.74) is 1.38. The third-order valence-electron chi connectivity index (χ3n) is 3.20. The number of fused-ring (bicyclic) bond motifs is 1. The number of aryl methyl sites for hydroxylation is 1. The molecule has 0 radical (unpaired) electrons. The molecule has 78 valence electrons. The lowest BCUT2D eigenvalue weighted by Crippen LogP contribution is -2.02. The van der Waals surface area contributed by atoms with Crippen molar-refractivity contribution >= 4 is 21.8 Å².